The molecule has 2 aliphatic rings. The maximum absolute atomic E-state index is 13.4. The molecule has 0 radical (unpaired) electrons. The first-order chi connectivity index (χ1) is 14.0. The van der Waals surface area contributed by atoms with Gasteiger partial charge in [-0.3, -0.25) is 0 Å². The maximum Gasteiger partial charge on any atom is 0.192 e. The van der Waals surface area contributed by atoms with Crippen LogP contribution in [-0.2, 0) is 10.8 Å². The van der Waals surface area contributed by atoms with Crippen LogP contribution in [0.3, 0.4) is 0 Å². The summed E-state index contributed by atoms with van der Waals surface area (Å²) in [6, 6.07) is 8.51. The molecule has 3 rings (SSSR count). The van der Waals surface area contributed by atoms with Gasteiger partial charge in [-0.2, -0.15) is 0 Å². The molecule has 1 saturated heterocycles. The molecule has 1 aromatic carbocycles. The van der Waals surface area contributed by atoms with Crippen LogP contribution in [0.4, 0.5) is 8.78 Å². The van der Waals surface area contributed by atoms with Crippen molar-refractivity contribution in [2.75, 3.05) is 7.11 Å². The summed E-state index contributed by atoms with van der Waals surface area (Å²) in [6.07, 6.45) is 14.2. The average Bonchev–Trinajstić information content (AvgIpc) is 2.76. The Kier molecular flexibility index (Phi) is 8.73. The fourth-order valence-electron chi connectivity index (χ4n) is 5.91. The van der Waals surface area contributed by atoms with Gasteiger partial charge in [0.15, 0.2) is 20.0 Å². The van der Waals surface area contributed by atoms with Crippen LogP contribution < -0.4 is 0 Å². The first kappa shape index (κ1) is 22.9. The van der Waals surface area contributed by atoms with Crippen molar-refractivity contribution in [1.29, 1.82) is 0 Å². The molecule has 1 heterocycles. The van der Waals surface area contributed by atoms with E-state index in [9.17, 15) is 8.78 Å². The Morgan fingerprint density at radius 2 is 1.62 bits per heavy atom. The standard InChI is InChI=1S/C25H40F2OSi/c1-3-4-5-16-29(28-2)17-14-23(15-18-29)22-11-8-20(9-12-22)6-7-21-10-13-24(26)25(27)19-21/h10,13,19-20,22-23H,3-9,11-12,14-18H2,1-2H3/t20?,22?,23-,29-. The lowest BCUT2D eigenvalue weighted by Crippen LogP contribution is -2.42. The predicted molar refractivity (Wildman–Crippen MR) is 120 cm³/mol. The van der Waals surface area contributed by atoms with Gasteiger partial charge in [0.25, 0.3) is 0 Å². The molecule has 0 amide bonds. The fraction of sp³-hybridized carbons (Fsp3) is 0.760. The zero-order chi connectivity index (χ0) is 20.7. The topological polar surface area (TPSA) is 9.23 Å². The van der Waals surface area contributed by atoms with Gasteiger partial charge in [-0.25, -0.2) is 8.78 Å². The van der Waals surface area contributed by atoms with E-state index in [0.717, 1.165) is 36.2 Å². The third-order valence-corrected chi connectivity index (χ3v) is 12.5. The van der Waals surface area contributed by atoms with E-state index in [-0.39, 0.29) is 0 Å². The van der Waals surface area contributed by atoms with E-state index in [1.54, 1.807) is 6.07 Å². The zero-order valence-corrected chi connectivity index (χ0v) is 19.5. The Morgan fingerprint density at radius 3 is 2.24 bits per heavy atom. The summed E-state index contributed by atoms with van der Waals surface area (Å²) in [4.78, 5) is 0. The molecule has 1 aromatic rings. The molecular formula is C25H40F2OSi. The molecule has 2 fully saturated rings. The quantitative estimate of drug-likeness (QED) is 0.290. The predicted octanol–water partition coefficient (Wildman–Crippen LogP) is 7.90. The highest BCUT2D eigenvalue weighted by Crippen LogP contribution is 2.45. The van der Waals surface area contributed by atoms with Crippen molar-refractivity contribution >= 4 is 8.32 Å². The van der Waals surface area contributed by atoms with Crippen molar-refractivity contribution in [2.45, 2.75) is 95.7 Å². The van der Waals surface area contributed by atoms with Gasteiger partial charge in [0.2, 0.25) is 0 Å². The summed E-state index contributed by atoms with van der Waals surface area (Å²) in [6.45, 7) is 2.28. The maximum atomic E-state index is 13.4. The number of aryl methyl sites for hydroxylation is 1. The molecule has 1 nitrogen and oxygen atoms in total. The molecule has 4 heteroatoms. The van der Waals surface area contributed by atoms with E-state index < -0.39 is 20.0 Å². The molecule has 29 heavy (non-hydrogen) atoms. The minimum absolute atomic E-state index is 0.714. The van der Waals surface area contributed by atoms with E-state index in [2.05, 4.69) is 6.92 Å². The molecular weight excluding hydrogens is 382 g/mol. The monoisotopic (exact) mass is 422 g/mol. The van der Waals surface area contributed by atoms with Crippen LogP contribution >= 0.6 is 0 Å². The van der Waals surface area contributed by atoms with E-state index in [0.29, 0.717) is 0 Å². The number of hydrogen-bond donors (Lipinski definition) is 0. The second-order valence-corrected chi connectivity index (χ2v) is 14.0. The molecule has 164 valence electrons. The van der Waals surface area contributed by atoms with E-state index >= 15 is 0 Å². The zero-order valence-electron chi connectivity index (χ0n) is 18.5. The molecule has 0 atom stereocenters. The van der Waals surface area contributed by atoms with Gasteiger partial charge in [-0.05, 0) is 79.3 Å². The summed E-state index contributed by atoms with van der Waals surface area (Å²) in [5.74, 6) is 1.13. The van der Waals surface area contributed by atoms with Crippen LogP contribution in [0, 0.1) is 29.4 Å². The number of benzene rings is 1. The minimum Gasteiger partial charge on any atom is -0.420 e. The Hall–Kier alpha value is -0.743. The SMILES string of the molecule is CCCCC[Si@]1(OC)CC[C@H](C2CCC(CCc3ccc(F)c(F)c3)CC2)CC1. The van der Waals surface area contributed by atoms with E-state index in [1.165, 1.54) is 88.1 Å². The molecule has 1 aliphatic carbocycles. The first-order valence-electron chi connectivity index (χ1n) is 12.0. The smallest absolute Gasteiger partial charge is 0.192 e. The van der Waals surface area contributed by atoms with Gasteiger partial charge in [-0.15, -0.1) is 0 Å². The van der Waals surface area contributed by atoms with Crippen molar-refractivity contribution in [3.8, 4) is 0 Å². The van der Waals surface area contributed by atoms with Crippen molar-refractivity contribution in [1.82, 2.24) is 0 Å². The number of hydrogen-bond acceptors (Lipinski definition) is 1. The highest BCUT2D eigenvalue weighted by atomic mass is 28.4. The van der Waals surface area contributed by atoms with Gasteiger partial charge in [0.05, 0.1) is 0 Å². The van der Waals surface area contributed by atoms with Crippen LogP contribution in [0.15, 0.2) is 18.2 Å². The largest absolute Gasteiger partial charge is 0.420 e. The fourth-order valence-corrected chi connectivity index (χ4v) is 9.96. The van der Waals surface area contributed by atoms with Crippen molar-refractivity contribution in [2.24, 2.45) is 17.8 Å². The van der Waals surface area contributed by atoms with Crippen LogP contribution in [0.5, 0.6) is 0 Å². The van der Waals surface area contributed by atoms with E-state index in [1.807, 2.05) is 7.11 Å². The van der Waals surface area contributed by atoms with Crippen molar-refractivity contribution in [3.63, 3.8) is 0 Å². The van der Waals surface area contributed by atoms with Crippen molar-refractivity contribution < 1.29 is 13.2 Å². The normalized spacial score (nSPS) is 30.4. The van der Waals surface area contributed by atoms with Gasteiger partial charge in [0, 0.05) is 7.11 Å². The third-order valence-electron chi connectivity index (χ3n) is 7.99. The molecule has 0 spiro atoms. The molecule has 0 aromatic heterocycles. The second kappa shape index (κ2) is 11.0. The molecule has 0 N–H and O–H groups in total. The van der Waals surface area contributed by atoms with Gasteiger partial charge >= 0.3 is 0 Å². The third kappa shape index (κ3) is 6.37. The van der Waals surface area contributed by atoms with Crippen LogP contribution in [0.2, 0.25) is 18.1 Å². The summed E-state index contributed by atoms with van der Waals surface area (Å²) >= 11 is 0. The van der Waals surface area contributed by atoms with Crippen LogP contribution in [-0.4, -0.2) is 15.4 Å². The highest BCUT2D eigenvalue weighted by molar-refractivity contribution is 6.73. The Balaban J connectivity index is 1.39. The molecule has 1 saturated carbocycles. The van der Waals surface area contributed by atoms with Gasteiger partial charge in [0.1, 0.15) is 0 Å². The Morgan fingerprint density at radius 1 is 0.931 bits per heavy atom. The van der Waals surface area contributed by atoms with E-state index in [4.69, 9.17) is 4.43 Å². The lowest BCUT2D eigenvalue weighted by atomic mass is 9.73. The van der Waals surface area contributed by atoms with Gasteiger partial charge < -0.3 is 4.43 Å². The summed E-state index contributed by atoms with van der Waals surface area (Å²) in [7, 11) is 0.554. The average molecular weight is 423 g/mol. The lowest BCUT2D eigenvalue weighted by Gasteiger charge is -2.42. The molecule has 1 aliphatic heterocycles. The van der Waals surface area contributed by atoms with Crippen molar-refractivity contribution in [3.05, 3.63) is 35.4 Å². The second-order valence-electron chi connectivity index (χ2n) is 9.75. The van der Waals surface area contributed by atoms with Crippen LogP contribution in [0.1, 0.15) is 76.7 Å². The summed E-state index contributed by atoms with van der Waals surface area (Å²) < 4.78 is 32.6. The number of rotatable bonds is 9. The molecule has 0 bridgehead atoms. The summed E-state index contributed by atoms with van der Waals surface area (Å²) in [5, 5.41) is 0. The van der Waals surface area contributed by atoms with Crippen LogP contribution in [0.25, 0.3) is 0 Å². The number of halogens is 2. The lowest BCUT2D eigenvalue weighted by molar-refractivity contribution is 0.180. The Bertz CT molecular complexity index is 619. The Labute approximate surface area is 177 Å². The highest BCUT2D eigenvalue weighted by Gasteiger charge is 2.40. The van der Waals surface area contributed by atoms with Gasteiger partial charge in [-0.1, -0.05) is 57.9 Å². The summed E-state index contributed by atoms with van der Waals surface area (Å²) in [5.41, 5.74) is 0.933. The molecule has 0 unspecified atom stereocenters. The number of unbranched alkanes of at least 4 members (excludes halogenated alkanes) is 2. The first-order valence-corrected chi connectivity index (χ1v) is 14.6. The minimum atomic E-state index is -1.43.